The minimum Gasteiger partial charge on any atom is -0.345 e. The van der Waals surface area contributed by atoms with E-state index >= 15 is 0 Å². The van der Waals surface area contributed by atoms with Crippen molar-refractivity contribution in [3.05, 3.63) is 10.6 Å². The fourth-order valence-electron chi connectivity index (χ4n) is 2.23. The van der Waals surface area contributed by atoms with Crippen LogP contribution in [0.25, 0.3) is 0 Å². The Hall–Kier alpha value is -0.610. The minimum atomic E-state index is 0.515. The van der Waals surface area contributed by atoms with E-state index in [0.717, 1.165) is 25.7 Å². The van der Waals surface area contributed by atoms with Crippen LogP contribution in [0.2, 0.25) is 0 Å². The van der Waals surface area contributed by atoms with Crippen molar-refractivity contribution in [3.63, 3.8) is 0 Å². The van der Waals surface area contributed by atoms with Gasteiger partial charge in [0.25, 0.3) is 0 Å². The van der Waals surface area contributed by atoms with Crippen molar-refractivity contribution >= 4 is 16.5 Å². The molecule has 18 heavy (non-hydrogen) atoms. The molecule has 0 aromatic carbocycles. The molecule has 1 fully saturated rings. The summed E-state index contributed by atoms with van der Waals surface area (Å²) < 4.78 is 0. The molecule has 0 bridgehead atoms. The molecule has 0 unspecified atom stereocenters. The quantitative estimate of drug-likeness (QED) is 0.821. The second-order valence-corrected chi connectivity index (χ2v) is 6.32. The molecule has 0 aliphatic heterocycles. The summed E-state index contributed by atoms with van der Waals surface area (Å²) in [6, 6.07) is 0.758. The third-order valence-corrected chi connectivity index (χ3v) is 4.48. The fourth-order valence-corrected chi connectivity index (χ4v) is 3.55. The fraction of sp³-hybridized carbons (Fsp3) is 0.786. The molecule has 0 radical (unpaired) electrons. The summed E-state index contributed by atoms with van der Waals surface area (Å²) in [4.78, 5) is 8.80. The van der Waals surface area contributed by atoms with E-state index in [1.807, 2.05) is 11.3 Å². The molecule has 0 amide bonds. The maximum atomic E-state index is 4.90. The van der Waals surface area contributed by atoms with Gasteiger partial charge in [0.2, 0.25) is 0 Å². The lowest BCUT2D eigenvalue weighted by Gasteiger charge is -2.18. The molecule has 1 saturated carbocycles. The number of thiazole rings is 1. The Bertz CT molecular complexity index is 382. The lowest BCUT2D eigenvalue weighted by molar-refractivity contribution is 0.713. The van der Waals surface area contributed by atoms with Crippen molar-refractivity contribution in [2.45, 2.75) is 59.0 Å². The smallest absolute Gasteiger partial charge is 0.186 e. The number of nitrogens with zero attached hydrogens (tertiary/aromatic N) is 2. The van der Waals surface area contributed by atoms with Gasteiger partial charge < -0.3 is 10.2 Å². The summed E-state index contributed by atoms with van der Waals surface area (Å²) in [6.45, 7) is 11.9. The molecule has 0 spiro atoms. The van der Waals surface area contributed by atoms with Crippen molar-refractivity contribution in [1.29, 1.82) is 0 Å². The van der Waals surface area contributed by atoms with Gasteiger partial charge in [-0.15, -0.1) is 11.3 Å². The molecule has 3 nitrogen and oxygen atoms in total. The number of hydrogen-bond donors (Lipinski definition) is 1. The summed E-state index contributed by atoms with van der Waals surface area (Å²) in [6.07, 6.45) is 2.68. The highest BCUT2D eigenvalue weighted by atomic mass is 32.1. The number of anilines is 1. The molecule has 102 valence electrons. The summed E-state index contributed by atoms with van der Waals surface area (Å²) in [7, 11) is 0. The monoisotopic (exact) mass is 267 g/mol. The SMILES string of the molecule is CCNCc1sc(N(CC)C2CC2)nc1C(C)C. The average Bonchev–Trinajstić information content (AvgIpc) is 3.07. The number of aromatic nitrogens is 1. The van der Waals surface area contributed by atoms with E-state index in [0.29, 0.717) is 5.92 Å². The number of hydrogen-bond acceptors (Lipinski definition) is 4. The van der Waals surface area contributed by atoms with Crippen LogP contribution in [0.4, 0.5) is 5.13 Å². The maximum Gasteiger partial charge on any atom is 0.186 e. The predicted molar refractivity (Wildman–Crippen MR) is 79.6 cm³/mol. The van der Waals surface area contributed by atoms with Crippen LogP contribution in [-0.2, 0) is 6.54 Å². The van der Waals surface area contributed by atoms with Gasteiger partial charge in [-0.2, -0.15) is 0 Å². The molecule has 1 aromatic rings. The van der Waals surface area contributed by atoms with Gasteiger partial charge in [-0.05, 0) is 32.2 Å². The van der Waals surface area contributed by atoms with Crippen LogP contribution in [0.1, 0.15) is 57.0 Å². The Labute approximate surface area is 115 Å². The summed E-state index contributed by atoms with van der Waals surface area (Å²) in [5.41, 5.74) is 1.29. The van der Waals surface area contributed by atoms with Crippen molar-refractivity contribution < 1.29 is 0 Å². The summed E-state index contributed by atoms with van der Waals surface area (Å²) in [5, 5.41) is 4.66. The molecule has 1 heterocycles. The zero-order valence-corrected chi connectivity index (χ0v) is 12.8. The Balaban J connectivity index is 2.20. The third-order valence-electron chi connectivity index (χ3n) is 3.37. The van der Waals surface area contributed by atoms with E-state index in [-0.39, 0.29) is 0 Å². The van der Waals surface area contributed by atoms with Crippen LogP contribution in [0, 0.1) is 0 Å². The lowest BCUT2D eigenvalue weighted by atomic mass is 10.1. The standard InChI is InChI=1S/C14H25N3S/c1-5-15-9-12-13(10(3)4)16-14(18-12)17(6-2)11-7-8-11/h10-11,15H,5-9H2,1-4H3. The second kappa shape index (κ2) is 6.02. The van der Waals surface area contributed by atoms with Gasteiger partial charge in [-0.25, -0.2) is 4.98 Å². The van der Waals surface area contributed by atoms with Gasteiger partial charge in [0, 0.05) is 24.0 Å². The molecular weight excluding hydrogens is 242 g/mol. The highest BCUT2D eigenvalue weighted by Gasteiger charge is 2.30. The Morgan fingerprint density at radius 1 is 1.39 bits per heavy atom. The number of rotatable bonds is 7. The molecule has 1 aliphatic rings. The normalized spacial score (nSPS) is 15.4. The van der Waals surface area contributed by atoms with E-state index in [1.165, 1.54) is 28.5 Å². The van der Waals surface area contributed by atoms with Gasteiger partial charge in [0.1, 0.15) is 0 Å². The maximum absolute atomic E-state index is 4.90. The zero-order chi connectivity index (χ0) is 13.1. The van der Waals surface area contributed by atoms with Crippen LogP contribution in [0.15, 0.2) is 0 Å². The minimum absolute atomic E-state index is 0.515. The highest BCUT2D eigenvalue weighted by molar-refractivity contribution is 7.15. The van der Waals surface area contributed by atoms with Crippen molar-refractivity contribution in [3.8, 4) is 0 Å². The van der Waals surface area contributed by atoms with Gasteiger partial charge in [-0.3, -0.25) is 0 Å². The Kier molecular flexibility index (Phi) is 4.62. The summed E-state index contributed by atoms with van der Waals surface area (Å²) in [5.74, 6) is 0.515. The molecule has 1 N–H and O–H groups in total. The van der Waals surface area contributed by atoms with Gasteiger partial charge in [0.05, 0.1) is 5.69 Å². The first-order valence-corrected chi connectivity index (χ1v) is 7.95. The summed E-state index contributed by atoms with van der Waals surface area (Å²) >= 11 is 1.88. The van der Waals surface area contributed by atoms with Crippen molar-refractivity contribution in [2.24, 2.45) is 0 Å². The van der Waals surface area contributed by atoms with Gasteiger partial charge >= 0.3 is 0 Å². The first kappa shape index (κ1) is 13.8. The lowest BCUT2D eigenvalue weighted by Crippen LogP contribution is -2.24. The molecule has 1 aromatic heterocycles. The van der Waals surface area contributed by atoms with E-state index in [1.54, 1.807) is 0 Å². The topological polar surface area (TPSA) is 28.2 Å². The third kappa shape index (κ3) is 3.04. The van der Waals surface area contributed by atoms with Crippen LogP contribution >= 0.6 is 11.3 Å². The van der Waals surface area contributed by atoms with E-state index in [9.17, 15) is 0 Å². The number of nitrogens with one attached hydrogen (secondary N) is 1. The van der Waals surface area contributed by atoms with E-state index in [2.05, 4.69) is 37.9 Å². The van der Waals surface area contributed by atoms with Crippen LogP contribution in [-0.4, -0.2) is 24.1 Å². The molecular formula is C14H25N3S. The molecule has 2 rings (SSSR count). The predicted octanol–water partition coefficient (Wildman–Crippen LogP) is 3.36. The molecule has 0 atom stereocenters. The van der Waals surface area contributed by atoms with E-state index in [4.69, 9.17) is 4.98 Å². The van der Waals surface area contributed by atoms with Crippen molar-refractivity contribution in [1.82, 2.24) is 10.3 Å². The Morgan fingerprint density at radius 2 is 2.11 bits per heavy atom. The van der Waals surface area contributed by atoms with Crippen LogP contribution < -0.4 is 10.2 Å². The first-order chi connectivity index (χ1) is 8.67. The largest absolute Gasteiger partial charge is 0.345 e. The average molecular weight is 267 g/mol. The Morgan fingerprint density at radius 3 is 2.61 bits per heavy atom. The van der Waals surface area contributed by atoms with Gasteiger partial charge in [0.15, 0.2) is 5.13 Å². The first-order valence-electron chi connectivity index (χ1n) is 7.14. The highest BCUT2D eigenvalue weighted by Crippen LogP contribution is 2.36. The zero-order valence-electron chi connectivity index (χ0n) is 12.0. The molecule has 4 heteroatoms. The van der Waals surface area contributed by atoms with Crippen LogP contribution in [0.3, 0.4) is 0 Å². The van der Waals surface area contributed by atoms with E-state index < -0.39 is 0 Å². The second-order valence-electron chi connectivity index (χ2n) is 5.26. The molecule has 1 aliphatic carbocycles. The van der Waals surface area contributed by atoms with Gasteiger partial charge in [-0.1, -0.05) is 20.8 Å². The van der Waals surface area contributed by atoms with Crippen LogP contribution in [0.5, 0.6) is 0 Å². The molecule has 0 saturated heterocycles. The van der Waals surface area contributed by atoms with Crippen molar-refractivity contribution in [2.75, 3.05) is 18.0 Å².